The van der Waals surface area contributed by atoms with Crippen LogP contribution in [-0.2, 0) is 10.3 Å². The minimum atomic E-state index is -0.505. The smallest absolute Gasteiger partial charge is 0.194 e. The number of tetrazole rings is 1. The summed E-state index contributed by atoms with van der Waals surface area (Å²) in [5, 5.41) is 13.9. The first kappa shape index (κ1) is 9.54. The molecule has 1 aromatic heterocycles. The van der Waals surface area contributed by atoms with Crippen molar-refractivity contribution in [3.05, 3.63) is 5.82 Å². The Bertz CT molecular complexity index is 310. The zero-order valence-corrected chi connectivity index (χ0v) is 8.45. The molecule has 0 amide bonds. The number of nitrogens with two attached hydrogens (primary N) is 1. The van der Waals surface area contributed by atoms with E-state index in [1.165, 1.54) is 0 Å². The molecule has 3 N–H and O–H groups in total. The fraction of sp³-hybridized carbons (Fsp3) is 0.875. The Balaban J connectivity index is 2.24. The van der Waals surface area contributed by atoms with E-state index in [0.29, 0.717) is 18.9 Å². The van der Waals surface area contributed by atoms with Gasteiger partial charge in [-0.05, 0) is 20.3 Å². The molecule has 6 nitrogen and oxygen atoms in total. The predicted molar refractivity (Wildman–Crippen MR) is 49.3 cm³/mol. The topological polar surface area (TPSA) is 89.7 Å². The average Bonchev–Trinajstić information content (AvgIpc) is 2.52. The molecule has 14 heavy (non-hydrogen) atoms. The summed E-state index contributed by atoms with van der Waals surface area (Å²) in [6.07, 6.45) is 1.44. The van der Waals surface area contributed by atoms with Gasteiger partial charge in [0.25, 0.3) is 0 Å². The highest BCUT2D eigenvalue weighted by molar-refractivity contribution is 5.05. The second-order valence-corrected chi connectivity index (χ2v) is 4.43. The highest BCUT2D eigenvalue weighted by atomic mass is 16.5. The number of rotatable bonds is 1. The van der Waals surface area contributed by atoms with Crippen LogP contribution in [0.5, 0.6) is 0 Å². The summed E-state index contributed by atoms with van der Waals surface area (Å²) < 4.78 is 5.59. The first-order chi connectivity index (χ1) is 6.52. The Hall–Kier alpha value is -1.01. The van der Waals surface area contributed by atoms with E-state index in [1.807, 2.05) is 13.8 Å². The molecule has 0 bridgehead atoms. The number of aromatic amines is 1. The summed E-state index contributed by atoms with van der Waals surface area (Å²) >= 11 is 0. The lowest BCUT2D eigenvalue weighted by Gasteiger charge is -2.40. The van der Waals surface area contributed by atoms with Gasteiger partial charge in [0.05, 0.1) is 11.1 Å². The molecule has 78 valence electrons. The van der Waals surface area contributed by atoms with Crippen molar-refractivity contribution in [2.24, 2.45) is 5.73 Å². The van der Waals surface area contributed by atoms with Crippen LogP contribution in [0, 0.1) is 0 Å². The standard InChI is InChI=1S/C8H15N5O/c1-7(2)5-8(9,3-4-14-7)6-10-12-13-11-6/h3-5,9H2,1-2H3,(H,10,11,12,13). The zero-order chi connectivity index (χ0) is 10.2. The van der Waals surface area contributed by atoms with Crippen LogP contribution in [-0.4, -0.2) is 32.8 Å². The van der Waals surface area contributed by atoms with Gasteiger partial charge in [-0.1, -0.05) is 5.21 Å². The lowest BCUT2D eigenvalue weighted by molar-refractivity contribution is -0.0829. The van der Waals surface area contributed by atoms with Crippen LogP contribution >= 0.6 is 0 Å². The molecular formula is C8H15N5O. The fourth-order valence-corrected chi connectivity index (χ4v) is 1.97. The largest absolute Gasteiger partial charge is 0.375 e. The molecule has 1 saturated heterocycles. The van der Waals surface area contributed by atoms with Gasteiger partial charge in [0.2, 0.25) is 0 Å². The molecule has 1 aliphatic rings. The summed E-state index contributed by atoms with van der Waals surface area (Å²) in [6, 6.07) is 0. The van der Waals surface area contributed by atoms with Crippen molar-refractivity contribution in [3.63, 3.8) is 0 Å². The monoisotopic (exact) mass is 197 g/mol. The van der Waals surface area contributed by atoms with Crippen molar-refractivity contribution in [1.29, 1.82) is 0 Å². The zero-order valence-electron chi connectivity index (χ0n) is 8.45. The Morgan fingerprint density at radius 1 is 1.50 bits per heavy atom. The minimum absolute atomic E-state index is 0.215. The van der Waals surface area contributed by atoms with E-state index in [4.69, 9.17) is 10.5 Å². The molecule has 2 heterocycles. The summed E-state index contributed by atoms with van der Waals surface area (Å²) in [4.78, 5) is 0. The lowest BCUT2D eigenvalue weighted by atomic mass is 9.81. The SMILES string of the molecule is CC1(C)CC(N)(c2nn[nH]n2)CCO1. The Kier molecular flexibility index (Phi) is 2.04. The Morgan fingerprint density at radius 3 is 2.86 bits per heavy atom. The average molecular weight is 197 g/mol. The maximum absolute atomic E-state index is 6.24. The fourth-order valence-electron chi connectivity index (χ4n) is 1.97. The molecule has 0 aromatic carbocycles. The highest BCUT2D eigenvalue weighted by Gasteiger charge is 2.42. The maximum Gasteiger partial charge on any atom is 0.194 e. The van der Waals surface area contributed by atoms with Crippen molar-refractivity contribution >= 4 is 0 Å². The maximum atomic E-state index is 6.24. The first-order valence-corrected chi connectivity index (χ1v) is 4.69. The highest BCUT2D eigenvalue weighted by Crippen LogP contribution is 2.35. The van der Waals surface area contributed by atoms with Crippen molar-refractivity contribution in [2.45, 2.75) is 37.8 Å². The van der Waals surface area contributed by atoms with Crippen molar-refractivity contribution in [3.8, 4) is 0 Å². The van der Waals surface area contributed by atoms with Crippen LogP contribution in [0.4, 0.5) is 0 Å². The van der Waals surface area contributed by atoms with Crippen LogP contribution in [0.1, 0.15) is 32.5 Å². The molecule has 1 fully saturated rings. The van der Waals surface area contributed by atoms with E-state index in [-0.39, 0.29) is 5.60 Å². The van der Waals surface area contributed by atoms with Gasteiger partial charge in [0.15, 0.2) is 5.82 Å². The van der Waals surface area contributed by atoms with Gasteiger partial charge in [-0.3, -0.25) is 0 Å². The van der Waals surface area contributed by atoms with E-state index in [1.54, 1.807) is 0 Å². The van der Waals surface area contributed by atoms with Gasteiger partial charge >= 0.3 is 0 Å². The van der Waals surface area contributed by atoms with Gasteiger partial charge in [-0.15, -0.1) is 10.2 Å². The van der Waals surface area contributed by atoms with Gasteiger partial charge < -0.3 is 10.5 Å². The predicted octanol–water partition coefficient (Wildman–Crippen LogP) is -0.0573. The second kappa shape index (κ2) is 2.99. The number of hydrogen-bond acceptors (Lipinski definition) is 5. The van der Waals surface area contributed by atoms with E-state index < -0.39 is 5.54 Å². The molecule has 0 radical (unpaired) electrons. The van der Waals surface area contributed by atoms with Gasteiger partial charge in [0.1, 0.15) is 0 Å². The number of nitrogens with one attached hydrogen (secondary N) is 1. The molecule has 2 rings (SSSR count). The summed E-state index contributed by atoms with van der Waals surface area (Å²) in [5.41, 5.74) is 5.52. The van der Waals surface area contributed by atoms with Crippen LogP contribution < -0.4 is 5.73 Å². The molecule has 1 aromatic rings. The Morgan fingerprint density at radius 2 is 2.29 bits per heavy atom. The van der Waals surface area contributed by atoms with E-state index in [2.05, 4.69) is 20.6 Å². The first-order valence-electron chi connectivity index (χ1n) is 4.69. The molecule has 6 heteroatoms. The molecule has 1 atom stereocenters. The Labute approximate surface area is 82.2 Å². The van der Waals surface area contributed by atoms with E-state index in [9.17, 15) is 0 Å². The molecule has 0 saturated carbocycles. The third-order valence-electron chi connectivity index (χ3n) is 2.57. The van der Waals surface area contributed by atoms with Gasteiger partial charge in [-0.25, -0.2) is 0 Å². The van der Waals surface area contributed by atoms with Crippen molar-refractivity contribution in [1.82, 2.24) is 20.6 Å². The van der Waals surface area contributed by atoms with E-state index >= 15 is 0 Å². The summed E-state index contributed by atoms with van der Waals surface area (Å²) in [6.45, 7) is 4.68. The number of aromatic nitrogens is 4. The second-order valence-electron chi connectivity index (χ2n) is 4.43. The number of H-pyrrole nitrogens is 1. The molecule has 0 spiro atoms. The van der Waals surface area contributed by atoms with E-state index in [0.717, 1.165) is 6.42 Å². The van der Waals surface area contributed by atoms with Crippen LogP contribution in [0.3, 0.4) is 0 Å². The number of hydrogen-bond donors (Lipinski definition) is 2. The number of ether oxygens (including phenoxy) is 1. The third kappa shape index (κ3) is 1.62. The van der Waals surface area contributed by atoms with Gasteiger partial charge in [0, 0.05) is 13.0 Å². The third-order valence-corrected chi connectivity index (χ3v) is 2.57. The summed E-state index contributed by atoms with van der Waals surface area (Å²) in [5.74, 6) is 0.578. The quantitative estimate of drug-likeness (QED) is 0.658. The molecule has 1 aliphatic heterocycles. The molecular weight excluding hydrogens is 182 g/mol. The van der Waals surface area contributed by atoms with Gasteiger partial charge in [-0.2, -0.15) is 5.21 Å². The molecule has 0 aliphatic carbocycles. The minimum Gasteiger partial charge on any atom is -0.375 e. The molecule has 1 unspecified atom stereocenters. The van der Waals surface area contributed by atoms with Crippen molar-refractivity contribution < 1.29 is 4.74 Å². The van der Waals surface area contributed by atoms with Crippen LogP contribution in [0.25, 0.3) is 0 Å². The van der Waals surface area contributed by atoms with Crippen LogP contribution in [0.15, 0.2) is 0 Å². The van der Waals surface area contributed by atoms with Crippen molar-refractivity contribution in [2.75, 3.05) is 6.61 Å². The normalized spacial score (nSPS) is 31.6. The lowest BCUT2D eigenvalue weighted by Crippen LogP contribution is -2.50. The van der Waals surface area contributed by atoms with Crippen LogP contribution in [0.2, 0.25) is 0 Å². The number of nitrogens with zero attached hydrogens (tertiary/aromatic N) is 3. The summed E-state index contributed by atoms with van der Waals surface area (Å²) in [7, 11) is 0.